The molecule has 110 valence electrons. The fourth-order valence-corrected chi connectivity index (χ4v) is 2.17. The predicted molar refractivity (Wildman–Crippen MR) is 78.1 cm³/mol. The van der Waals surface area contributed by atoms with Gasteiger partial charge in [0, 0.05) is 12.1 Å². The molecule has 2 atom stereocenters. The molecule has 0 aliphatic rings. The molecule has 0 radical (unpaired) electrons. The smallest absolute Gasteiger partial charge is 0.325 e. The van der Waals surface area contributed by atoms with Gasteiger partial charge in [0.2, 0.25) is 0 Å². The Kier molecular flexibility index (Phi) is 4.45. The van der Waals surface area contributed by atoms with Gasteiger partial charge in [-0.05, 0) is 30.2 Å². The molecule has 0 aliphatic carbocycles. The van der Waals surface area contributed by atoms with E-state index >= 15 is 0 Å². The van der Waals surface area contributed by atoms with Crippen molar-refractivity contribution < 1.29 is 20.1 Å². The van der Waals surface area contributed by atoms with Crippen LogP contribution in [0.2, 0.25) is 0 Å². The molecule has 0 bridgehead atoms. The summed E-state index contributed by atoms with van der Waals surface area (Å²) in [5.74, 6) is -1.12. The molecule has 0 amide bonds. The third kappa shape index (κ3) is 3.73. The van der Waals surface area contributed by atoms with E-state index in [2.05, 4.69) is 5.32 Å². The quantitative estimate of drug-likeness (QED) is 0.678. The molecular weight excluding hydrogens is 270 g/mol. The first-order valence-corrected chi connectivity index (χ1v) is 6.54. The first-order chi connectivity index (χ1) is 9.97. The second-order valence-electron chi connectivity index (χ2n) is 4.85. The highest BCUT2D eigenvalue weighted by Crippen LogP contribution is 2.26. The highest BCUT2D eigenvalue weighted by Gasteiger charge is 2.22. The number of hydrogen-bond donors (Lipinski definition) is 4. The van der Waals surface area contributed by atoms with Crippen LogP contribution in [0.15, 0.2) is 48.5 Å². The lowest BCUT2D eigenvalue weighted by Crippen LogP contribution is -2.30. The molecular formula is C16H17NO4. The van der Waals surface area contributed by atoms with Crippen LogP contribution in [-0.4, -0.2) is 21.3 Å². The standard InChI is InChI=1S/C16H17NO4/c1-10(12-7-13(18)9-14(19)8-12)17-15(16(20)21)11-5-3-2-4-6-11/h2-10,15,17-19H,1H3,(H,20,21). The molecule has 0 spiro atoms. The molecule has 0 fully saturated rings. The SMILES string of the molecule is CC(NC(C(=O)O)c1ccccc1)c1cc(O)cc(O)c1. The third-order valence-electron chi connectivity index (χ3n) is 3.22. The number of nitrogens with one attached hydrogen (secondary N) is 1. The van der Waals surface area contributed by atoms with Crippen molar-refractivity contribution in [3.05, 3.63) is 59.7 Å². The van der Waals surface area contributed by atoms with Gasteiger partial charge in [-0.3, -0.25) is 10.1 Å². The normalized spacial score (nSPS) is 13.6. The number of carbonyl (C=O) groups is 1. The zero-order valence-corrected chi connectivity index (χ0v) is 11.5. The topological polar surface area (TPSA) is 89.8 Å². The molecule has 0 saturated carbocycles. The molecule has 0 aromatic heterocycles. The molecule has 0 heterocycles. The monoisotopic (exact) mass is 287 g/mol. The Balaban J connectivity index is 2.23. The summed E-state index contributed by atoms with van der Waals surface area (Å²) in [5, 5.41) is 31.4. The first-order valence-electron chi connectivity index (χ1n) is 6.54. The van der Waals surface area contributed by atoms with Crippen molar-refractivity contribution in [2.45, 2.75) is 19.0 Å². The molecule has 5 nitrogen and oxygen atoms in total. The van der Waals surface area contributed by atoms with Crippen LogP contribution < -0.4 is 5.32 Å². The fraction of sp³-hybridized carbons (Fsp3) is 0.188. The van der Waals surface area contributed by atoms with Crippen LogP contribution in [0.3, 0.4) is 0 Å². The predicted octanol–water partition coefficient (Wildman–Crippen LogP) is 2.57. The number of phenolic OH excluding ortho intramolecular Hbond substituents is 2. The zero-order chi connectivity index (χ0) is 15.4. The number of hydrogen-bond acceptors (Lipinski definition) is 4. The summed E-state index contributed by atoms with van der Waals surface area (Å²) in [4.78, 5) is 11.4. The van der Waals surface area contributed by atoms with Crippen molar-refractivity contribution in [3.8, 4) is 11.5 Å². The van der Waals surface area contributed by atoms with Crippen LogP contribution >= 0.6 is 0 Å². The number of carboxylic acid groups (broad SMARTS) is 1. The molecule has 2 aromatic carbocycles. The van der Waals surface area contributed by atoms with Gasteiger partial charge in [0.15, 0.2) is 0 Å². The lowest BCUT2D eigenvalue weighted by molar-refractivity contribution is -0.139. The summed E-state index contributed by atoms with van der Waals surface area (Å²) < 4.78 is 0. The van der Waals surface area contributed by atoms with Crippen LogP contribution in [0.25, 0.3) is 0 Å². The summed E-state index contributed by atoms with van der Waals surface area (Å²) >= 11 is 0. The zero-order valence-electron chi connectivity index (χ0n) is 11.5. The minimum Gasteiger partial charge on any atom is -0.508 e. The molecule has 21 heavy (non-hydrogen) atoms. The van der Waals surface area contributed by atoms with Crippen molar-refractivity contribution in [1.82, 2.24) is 5.32 Å². The second kappa shape index (κ2) is 6.28. The average molecular weight is 287 g/mol. The summed E-state index contributed by atoms with van der Waals surface area (Å²) in [5.41, 5.74) is 1.25. The fourth-order valence-electron chi connectivity index (χ4n) is 2.17. The maximum Gasteiger partial charge on any atom is 0.325 e. The van der Waals surface area contributed by atoms with E-state index in [0.29, 0.717) is 11.1 Å². The van der Waals surface area contributed by atoms with Crippen molar-refractivity contribution in [3.63, 3.8) is 0 Å². The molecule has 2 unspecified atom stereocenters. The Morgan fingerprint density at radius 3 is 2.10 bits per heavy atom. The Hall–Kier alpha value is -2.53. The second-order valence-corrected chi connectivity index (χ2v) is 4.85. The summed E-state index contributed by atoms with van der Waals surface area (Å²) in [6, 6.07) is 11.8. The minimum absolute atomic E-state index is 0.0646. The van der Waals surface area contributed by atoms with Gasteiger partial charge in [0.25, 0.3) is 0 Å². The minimum atomic E-state index is -0.988. The number of carboxylic acids is 1. The number of phenols is 2. The van der Waals surface area contributed by atoms with E-state index in [-0.39, 0.29) is 17.5 Å². The molecule has 4 N–H and O–H groups in total. The van der Waals surface area contributed by atoms with Gasteiger partial charge in [-0.2, -0.15) is 0 Å². The van der Waals surface area contributed by atoms with Crippen LogP contribution in [0.4, 0.5) is 0 Å². The third-order valence-corrected chi connectivity index (χ3v) is 3.22. The number of benzene rings is 2. The molecule has 2 rings (SSSR count). The van der Waals surface area contributed by atoms with Crippen molar-refractivity contribution in [2.24, 2.45) is 0 Å². The highest BCUT2D eigenvalue weighted by molar-refractivity contribution is 5.75. The Morgan fingerprint density at radius 2 is 1.57 bits per heavy atom. The lowest BCUT2D eigenvalue weighted by atomic mass is 10.0. The summed E-state index contributed by atoms with van der Waals surface area (Å²) in [7, 11) is 0. The van der Waals surface area contributed by atoms with Crippen molar-refractivity contribution >= 4 is 5.97 Å². The molecule has 0 aliphatic heterocycles. The van der Waals surface area contributed by atoms with Gasteiger partial charge in [-0.1, -0.05) is 30.3 Å². The first kappa shape index (κ1) is 14.9. The maximum atomic E-state index is 11.4. The van der Waals surface area contributed by atoms with E-state index in [4.69, 9.17) is 0 Å². The summed E-state index contributed by atoms with van der Waals surface area (Å²) in [6.07, 6.45) is 0. The van der Waals surface area contributed by atoms with Crippen LogP contribution in [0.5, 0.6) is 11.5 Å². The van der Waals surface area contributed by atoms with E-state index in [1.807, 2.05) is 6.07 Å². The Labute approximate surface area is 122 Å². The van der Waals surface area contributed by atoms with E-state index in [1.165, 1.54) is 18.2 Å². The highest BCUT2D eigenvalue weighted by atomic mass is 16.4. The molecule has 0 saturated heterocycles. The summed E-state index contributed by atoms with van der Waals surface area (Å²) in [6.45, 7) is 1.77. The average Bonchev–Trinajstić information content (AvgIpc) is 2.44. The van der Waals surface area contributed by atoms with E-state index in [1.54, 1.807) is 31.2 Å². The Bertz CT molecular complexity index is 607. The number of rotatable bonds is 5. The lowest BCUT2D eigenvalue weighted by Gasteiger charge is -2.21. The van der Waals surface area contributed by atoms with Crippen LogP contribution in [-0.2, 0) is 4.79 Å². The molecule has 2 aromatic rings. The van der Waals surface area contributed by atoms with Crippen molar-refractivity contribution in [2.75, 3.05) is 0 Å². The van der Waals surface area contributed by atoms with Gasteiger partial charge in [-0.15, -0.1) is 0 Å². The number of aromatic hydroxyl groups is 2. The van der Waals surface area contributed by atoms with Gasteiger partial charge in [0.05, 0.1) is 0 Å². The maximum absolute atomic E-state index is 11.4. The van der Waals surface area contributed by atoms with Gasteiger partial charge in [-0.25, -0.2) is 0 Å². The van der Waals surface area contributed by atoms with E-state index < -0.39 is 12.0 Å². The van der Waals surface area contributed by atoms with Gasteiger partial charge >= 0.3 is 5.97 Å². The van der Waals surface area contributed by atoms with E-state index in [0.717, 1.165) is 0 Å². The van der Waals surface area contributed by atoms with Crippen LogP contribution in [0.1, 0.15) is 30.1 Å². The van der Waals surface area contributed by atoms with Gasteiger partial charge in [0.1, 0.15) is 17.5 Å². The molecule has 5 heteroatoms. The largest absolute Gasteiger partial charge is 0.508 e. The Morgan fingerprint density at radius 1 is 1.00 bits per heavy atom. The van der Waals surface area contributed by atoms with Gasteiger partial charge < -0.3 is 15.3 Å². The van der Waals surface area contributed by atoms with Crippen molar-refractivity contribution in [1.29, 1.82) is 0 Å². The van der Waals surface area contributed by atoms with Crippen LogP contribution in [0, 0.1) is 0 Å². The van der Waals surface area contributed by atoms with E-state index in [9.17, 15) is 20.1 Å². The number of aliphatic carboxylic acids is 1.